The Balaban J connectivity index is 2.07. The van der Waals surface area contributed by atoms with Crippen molar-refractivity contribution in [3.63, 3.8) is 0 Å². The van der Waals surface area contributed by atoms with Crippen LogP contribution in [0.3, 0.4) is 0 Å². The number of amides is 1. The fourth-order valence-electron chi connectivity index (χ4n) is 2.01. The van der Waals surface area contributed by atoms with E-state index in [1.165, 1.54) is 11.5 Å². The molecule has 0 saturated carbocycles. The van der Waals surface area contributed by atoms with Gasteiger partial charge in [-0.15, -0.1) is 5.10 Å². The lowest BCUT2D eigenvalue weighted by Gasteiger charge is -2.31. The number of hydrogen-bond acceptors (Lipinski definition) is 5. The highest BCUT2D eigenvalue weighted by molar-refractivity contribution is 7.07. The summed E-state index contributed by atoms with van der Waals surface area (Å²) in [5.74, 6) is 0.504. The van der Waals surface area contributed by atoms with Crippen LogP contribution in [-0.4, -0.2) is 40.0 Å². The summed E-state index contributed by atoms with van der Waals surface area (Å²) < 4.78 is 3.80. The van der Waals surface area contributed by atoms with Crippen LogP contribution >= 0.6 is 11.5 Å². The smallest absolute Gasteiger partial charge is 0.267 e. The first-order chi connectivity index (χ1) is 7.72. The zero-order valence-electron chi connectivity index (χ0n) is 9.35. The molecule has 0 spiro atoms. The zero-order valence-corrected chi connectivity index (χ0v) is 10.2. The van der Waals surface area contributed by atoms with Crippen LogP contribution in [-0.2, 0) is 0 Å². The summed E-state index contributed by atoms with van der Waals surface area (Å²) in [5.41, 5.74) is 6.38. The van der Waals surface area contributed by atoms with Gasteiger partial charge in [-0.1, -0.05) is 4.49 Å². The van der Waals surface area contributed by atoms with Crippen molar-refractivity contribution >= 4 is 17.4 Å². The molecule has 2 N–H and O–H groups in total. The number of hydrogen-bond donors (Lipinski definition) is 1. The zero-order chi connectivity index (χ0) is 11.5. The average Bonchev–Trinajstić information content (AvgIpc) is 2.74. The predicted octanol–water partition coefficient (Wildman–Crippen LogP) is 0.657. The first kappa shape index (κ1) is 11.5. The molecule has 0 bridgehead atoms. The molecule has 1 saturated heterocycles. The molecule has 1 aromatic heterocycles. The molecule has 0 aromatic carbocycles. The predicted molar refractivity (Wildman–Crippen MR) is 62.3 cm³/mol. The van der Waals surface area contributed by atoms with Crippen molar-refractivity contribution in [1.29, 1.82) is 0 Å². The lowest BCUT2D eigenvalue weighted by Crippen LogP contribution is -2.42. The summed E-state index contributed by atoms with van der Waals surface area (Å²) in [4.78, 5) is 14.7. The second-order valence-electron chi connectivity index (χ2n) is 4.18. The summed E-state index contributed by atoms with van der Waals surface area (Å²) >= 11 is 1.18. The topological polar surface area (TPSA) is 72.1 Å². The van der Waals surface area contributed by atoms with E-state index in [1.807, 2.05) is 11.8 Å². The van der Waals surface area contributed by atoms with Gasteiger partial charge in [0.05, 0.1) is 5.69 Å². The van der Waals surface area contributed by atoms with Crippen molar-refractivity contribution in [2.45, 2.75) is 19.8 Å². The third-order valence-electron chi connectivity index (χ3n) is 2.99. The van der Waals surface area contributed by atoms with Gasteiger partial charge in [0.2, 0.25) is 0 Å². The average molecular weight is 240 g/mol. The van der Waals surface area contributed by atoms with Crippen molar-refractivity contribution in [2.24, 2.45) is 11.7 Å². The molecule has 1 unspecified atom stereocenters. The van der Waals surface area contributed by atoms with E-state index in [0.717, 1.165) is 31.6 Å². The van der Waals surface area contributed by atoms with Crippen LogP contribution in [0.1, 0.15) is 28.2 Å². The molecule has 0 radical (unpaired) electrons. The minimum atomic E-state index is 0.0608. The summed E-state index contributed by atoms with van der Waals surface area (Å²) in [7, 11) is 0. The van der Waals surface area contributed by atoms with E-state index in [1.54, 1.807) is 0 Å². The molecule has 88 valence electrons. The van der Waals surface area contributed by atoms with Gasteiger partial charge in [-0.3, -0.25) is 4.79 Å². The first-order valence-electron chi connectivity index (χ1n) is 5.50. The number of rotatable bonds is 2. The Morgan fingerprint density at radius 1 is 1.69 bits per heavy atom. The van der Waals surface area contributed by atoms with E-state index in [0.29, 0.717) is 17.3 Å². The number of piperidine rings is 1. The van der Waals surface area contributed by atoms with E-state index < -0.39 is 0 Å². The second-order valence-corrected chi connectivity index (χ2v) is 4.94. The molecular formula is C10H16N4OS. The van der Waals surface area contributed by atoms with Crippen LogP contribution in [0.25, 0.3) is 0 Å². The van der Waals surface area contributed by atoms with Crippen LogP contribution in [0.2, 0.25) is 0 Å². The maximum absolute atomic E-state index is 12.2. The summed E-state index contributed by atoms with van der Waals surface area (Å²) in [6, 6.07) is 0. The lowest BCUT2D eigenvalue weighted by molar-refractivity contribution is 0.0682. The Hall–Kier alpha value is -1.01. The van der Waals surface area contributed by atoms with Crippen molar-refractivity contribution in [3.05, 3.63) is 10.6 Å². The van der Waals surface area contributed by atoms with Crippen molar-refractivity contribution in [3.8, 4) is 0 Å². The minimum absolute atomic E-state index is 0.0608. The molecule has 1 aromatic rings. The summed E-state index contributed by atoms with van der Waals surface area (Å²) in [6.45, 7) is 4.07. The molecule has 1 aliphatic rings. The van der Waals surface area contributed by atoms with Gasteiger partial charge in [0.25, 0.3) is 5.91 Å². The number of carbonyl (C=O) groups is 1. The van der Waals surface area contributed by atoms with E-state index in [9.17, 15) is 4.79 Å². The molecule has 6 heteroatoms. The Bertz CT molecular complexity index is 379. The number of nitrogens with zero attached hydrogens (tertiary/aromatic N) is 3. The van der Waals surface area contributed by atoms with E-state index in [-0.39, 0.29) is 5.91 Å². The molecule has 2 heterocycles. The molecule has 1 atom stereocenters. The van der Waals surface area contributed by atoms with Gasteiger partial charge >= 0.3 is 0 Å². The van der Waals surface area contributed by atoms with Gasteiger partial charge in [0.15, 0.2) is 0 Å². The minimum Gasteiger partial charge on any atom is -0.338 e. The SMILES string of the molecule is Cc1nnsc1C(=O)N1CCCC(CN)C1. The summed E-state index contributed by atoms with van der Waals surface area (Å²) in [5, 5.41) is 3.87. The van der Waals surface area contributed by atoms with Crippen molar-refractivity contribution in [1.82, 2.24) is 14.5 Å². The number of likely N-dealkylation sites (tertiary alicyclic amines) is 1. The highest BCUT2D eigenvalue weighted by atomic mass is 32.1. The van der Waals surface area contributed by atoms with E-state index in [4.69, 9.17) is 5.73 Å². The molecule has 16 heavy (non-hydrogen) atoms. The van der Waals surface area contributed by atoms with E-state index in [2.05, 4.69) is 9.59 Å². The standard InChI is InChI=1S/C10H16N4OS/c1-7-9(16-13-12-7)10(15)14-4-2-3-8(5-11)6-14/h8H,2-6,11H2,1H3. The maximum Gasteiger partial charge on any atom is 0.267 e. The highest BCUT2D eigenvalue weighted by Gasteiger charge is 2.25. The Labute approximate surface area is 98.8 Å². The van der Waals surface area contributed by atoms with Crippen LogP contribution in [0.15, 0.2) is 0 Å². The normalized spacial score (nSPS) is 21.1. The fourth-order valence-corrected chi connectivity index (χ4v) is 2.64. The highest BCUT2D eigenvalue weighted by Crippen LogP contribution is 2.19. The van der Waals surface area contributed by atoms with Gasteiger partial charge in [0, 0.05) is 13.1 Å². The molecule has 5 nitrogen and oxygen atoms in total. The molecular weight excluding hydrogens is 224 g/mol. The third-order valence-corrected chi connectivity index (χ3v) is 3.80. The van der Waals surface area contributed by atoms with Crippen LogP contribution in [0, 0.1) is 12.8 Å². The Morgan fingerprint density at radius 2 is 2.50 bits per heavy atom. The summed E-state index contributed by atoms with van der Waals surface area (Å²) in [6.07, 6.45) is 2.17. The van der Waals surface area contributed by atoms with Gasteiger partial charge in [-0.05, 0) is 43.8 Å². The largest absolute Gasteiger partial charge is 0.338 e. The molecule has 2 rings (SSSR count). The van der Waals surface area contributed by atoms with Gasteiger partial charge in [0.1, 0.15) is 4.88 Å². The van der Waals surface area contributed by atoms with Crippen LogP contribution in [0.4, 0.5) is 0 Å². The van der Waals surface area contributed by atoms with Gasteiger partial charge in [-0.25, -0.2) is 0 Å². The number of nitrogens with two attached hydrogens (primary N) is 1. The Kier molecular flexibility index (Phi) is 3.50. The molecule has 1 amide bonds. The van der Waals surface area contributed by atoms with E-state index >= 15 is 0 Å². The number of carbonyl (C=O) groups excluding carboxylic acids is 1. The van der Waals surface area contributed by atoms with Crippen LogP contribution in [0.5, 0.6) is 0 Å². The van der Waals surface area contributed by atoms with Gasteiger partial charge < -0.3 is 10.6 Å². The second kappa shape index (κ2) is 4.88. The first-order valence-corrected chi connectivity index (χ1v) is 6.28. The number of aryl methyl sites for hydroxylation is 1. The molecule has 1 aliphatic heterocycles. The molecule has 1 fully saturated rings. The maximum atomic E-state index is 12.2. The fraction of sp³-hybridized carbons (Fsp3) is 0.700. The quantitative estimate of drug-likeness (QED) is 0.824. The number of aromatic nitrogens is 2. The molecule has 0 aliphatic carbocycles. The Morgan fingerprint density at radius 3 is 3.12 bits per heavy atom. The van der Waals surface area contributed by atoms with Gasteiger partial charge in [-0.2, -0.15) is 0 Å². The third kappa shape index (κ3) is 2.22. The lowest BCUT2D eigenvalue weighted by atomic mass is 9.98. The monoisotopic (exact) mass is 240 g/mol. The van der Waals surface area contributed by atoms with Crippen molar-refractivity contribution < 1.29 is 4.79 Å². The van der Waals surface area contributed by atoms with Crippen molar-refractivity contribution in [2.75, 3.05) is 19.6 Å². The van der Waals surface area contributed by atoms with Crippen LogP contribution < -0.4 is 5.73 Å².